The fraction of sp³-hybridized carbons (Fsp3) is 0.133. The Morgan fingerprint density at radius 3 is 2.53 bits per heavy atom. The van der Waals surface area contributed by atoms with Crippen molar-refractivity contribution in [2.45, 2.75) is 6.61 Å². The van der Waals surface area contributed by atoms with Crippen LogP contribution in [-0.4, -0.2) is 18.5 Å². The summed E-state index contributed by atoms with van der Waals surface area (Å²) in [6.07, 6.45) is 0.574. The molecule has 0 amide bonds. The molecule has 0 aliphatic carbocycles. The quantitative estimate of drug-likeness (QED) is 0.838. The molecule has 0 aromatic heterocycles. The molecular formula is C15H14O4. The second-order valence-corrected chi connectivity index (χ2v) is 3.93. The summed E-state index contributed by atoms with van der Waals surface area (Å²) in [5.74, 6) is 0.361. The zero-order valence-corrected chi connectivity index (χ0v) is 10.5. The van der Waals surface area contributed by atoms with Gasteiger partial charge in [0.2, 0.25) is 5.75 Å². The summed E-state index contributed by atoms with van der Waals surface area (Å²) in [6, 6.07) is 12.6. The summed E-state index contributed by atoms with van der Waals surface area (Å²) in [4.78, 5) is 10.8. The molecule has 2 aromatic rings. The number of carbonyl (C=O) groups excluding carboxylic acids is 1. The van der Waals surface area contributed by atoms with Crippen LogP contribution in [0.25, 0.3) is 0 Å². The second kappa shape index (κ2) is 5.91. The molecule has 0 saturated carbocycles. The lowest BCUT2D eigenvalue weighted by atomic mass is 10.2. The van der Waals surface area contributed by atoms with E-state index in [9.17, 15) is 9.90 Å². The molecule has 2 aromatic carbocycles. The SMILES string of the molecule is COc1ccc(C=O)c(O)c1OCc1ccccc1. The van der Waals surface area contributed by atoms with Crippen LogP contribution < -0.4 is 9.47 Å². The number of ether oxygens (including phenoxy) is 2. The van der Waals surface area contributed by atoms with E-state index in [-0.39, 0.29) is 23.7 Å². The van der Waals surface area contributed by atoms with Crippen molar-refractivity contribution >= 4 is 6.29 Å². The first-order valence-corrected chi connectivity index (χ1v) is 5.78. The van der Waals surface area contributed by atoms with Gasteiger partial charge in [0.25, 0.3) is 0 Å². The maximum Gasteiger partial charge on any atom is 0.204 e. The minimum Gasteiger partial charge on any atom is -0.504 e. The van der Waals surface area contributed by atoms with Crippen LogP contribution in [0.15, 0.2) is 42.5 Å². The van der Waals surface area contributed by atoms with Crippen molar-refractivity contribution in [3.63, 3.8) is 0 Å². The van der Waals surface area contributed by atoms with Crippen LogP contribution in [0.4, 0.5) is 0 Å². The number of hydrogen-bond acceptors (Lipinski definition) is 4. The lowest BCUT2D eigenvalue weighted by molar-refractivity contribution is 0.112. The molecule has 0 spiro atoms. The third kappa shape index (κ3) is 2.85. The number of rotatable bonds is 5. The first-order valence-electron chi connectivity index (χ1n) is 5.78. The van der Waals surface area contributed by atoms with Gasteiger partial charge in [0.1, 0.15) is 6.61 Å². The van der Waals surface area contributed by atoms with Gasteiger partial charge in [-0.3, -0.25) is 4.79 Å². The van der Waals surface area contributed by atoms with Crippen molar-refractivity contribution in [1.82, 2.24) is 0 Å². The number of hydrogen-bond donors (Lipinski definition) is 1. The number of phenolic OH excluding ortho intramolecular Hbond substituents is 1. The fourth-order valence-electron chi connectivity index (χ4n) is 1.69. The van der Waals surface area contributed by atoms with E-state index >= 15 is 0 Å². The van der Waals surface area contributed by atoms with E-state index in [4.69, 9.17) is 9.47 Å². The van der Waals surface area contributed by atoms with Gasteiger partial charge >= 0.3 is 0 Å². The average molecular weight is 258 g/mol. The molecule has 0 bridgehead atoms. The molecule has 4 nitrogen and oxygen atoms in total. The number of carbonyl (C=O) groups is 1. The Morgan fingerprint density at radius 2 is 1.89 bits per heavy atom. The van der Waals surface area contributed by atoms with E-state index in [0.717, 1.165) is 5.56 Å². The smallest absolute Gasteiger partial charge is 0.204 e. The first kappa shape index (κ1) is 13.0. The Morgan fingerprint density at radius 1 is 1.16 bits per heavy atom. The van der Waals surface area contributed by atoms with Crippen LogP contribution in [0.1, 0.15) is 15.9 Å². The highest BCUT2D eigenvalue weighted by Gasteiger charge is 2.14. The maximum absolute atomic E-state index is 10.8. The largest absolute Gasteiger partial charge is 0.504 e. The second-order valence-electron chi connectivity index (χ2n) is 3.93. The first-order chi connectivity index (χ1) is 9.26. The van der Waals surface area contributed by atoms with Gasteiger partial charge in [0.05, 0.1) is 12.7 Å². The van der Waals surface area contributed by atoms with Gasteiger partial charge in [0.15, 0.2) is 17.8 Å². The molecule has 2 rings (SSSR count). The van der Waals surface area contributed by atoms with E-state index in [1.807, 2.05) is 30.3 Å². The Kier molecular flexibility index (Phi) is 4.03. The third-order valence-corrected chi connectivity index (χ3v) is 2.70. The van der Waals surface area contributed by atoms with Crippen molar-refractivity contribution in [3.05, 3.63) is 53.6 Å². The molecule has 1 N–H and O–H groups in total. The lowest BCUT2D eigenvalue weighted by Crippen LogP contribution is -1.99. The van der Waals surface area contributed by atoms with E-state index in [1.54, 1.807) is 6.07 Å². The summed E-state index contributed by atoms with van der Waals surface area (Å²) in [5.41, 5.74) is 1.13. The summed E-state index contributed by atoms with van der Waals surface area (Å²) in [6.45, 7) is 0.285. The zero-order valence-electron chi connectivity index (χ0n) is 10.5. The van der Waals surface area contributed by atoms with E-state index < -0.39 is 0 Å². The monoisotopic (exact) mass is 258 g/mol. The summed E-state index contributed by atoms with van der Waals surface area (Å²) in [5, 5.41) is 9.94. The van der Waals surface area contributed by atoms with E-state index in [1.165, 1.54) is 13.2 Å². The zero-order chi connectivity index (χ0) is 13.7. The number of phenols is 1. The van der Waals surface area contributed by atoms with Crippen LogP contribution in [0, 0.1) is 0 Å². The van der Waals surface area contributed by atoms with Crippen LogP contribution in [0.3, 0.4) is 0 Å². The molecule has 19 heavy (non-hydrogen) atoms. The molecule has 0 aliphatic rings. The molecule has 0 fully saturated rings. The lowest BCUT2D eigenvalue weighted by Gasteiger charge is -2.13. The molecule has 0 atom stereocenters. The standard InChI is InChI=1S/C15H14O4/c1-18-13-8-7-12(9-16)14(17)15(13)19-10-11-5-3-2-4-6-11/h2-9,17H,10H2,1H3. The van der Waals surface area contributed by atoms with Gasteiger partial charge < -0.3 is 14.6 Å². The maximum atomic E-state index is 10.8. The molecule has 0 radical (unpaired) electrons. The van der Waals surface area contributed by atoms with Gasteiger partial charge in [0, 0.05) is 0 Å². The molecule has 0 aliphatic heterocycles. The minimum atomic E-state index is -0.203. The Balaban J connectivity index is 2.25. The van der Waals surface area contributed by atoms with Crippen molar-refractivity contribution in [3.8, 4) is 17.2 Å². The molecule has 0 heterocycles. The molecule has 0 unspecified atom stereocenters. The Bertz CT molecular complexity index is 564. The molecule has 0 saturated heterocycles. The Hall–Kier alpha value is -2.49. The fourth-order valence-corrected chi connectivity index (χ4v) is 1.69. The highest BCUT2D eigenvalue weighted by atomic mass is 16.5. The molecule has 98 valence electrons. The normalized spacial score (nSPS) is 9.95. The number of aromatic hydroxyl groups is 1. The van der Waals surface area contributed by atoms with Crippen molar-refractivity contribution in [2.24, 2.45) is 0 Å². The highest BCUT2D eigenvalue weighted by Crippen LogP contribution is 2.38. The van der Waals surface area contributed by atoms with Crippen LogP contribution in [0.5, 0.6) is 17.2 Å². The van der Waals surface area contributed by atoms with Crippen molar-refractivity contribution in [2.75, 3.05) is 7.11 Å². The predicted octanol–water partition coefficient (Wildman–Crippen LogP) is 2.79. The highest BCUT2D eigenvalue weighted by molar-refractivity contribution is 5.82. The minimum absolute atomic E-state index is 0.170. The van der Waals surface area contributed by atoms with Gasteiger partial charge in [-0.1, -0.05) is 30.3 Å². The Labute approximate surface area is 111 Å². The summed E-state index contributed by atoms with van der Waals surface area (Å²) in [7, 11) is 1.48. The van der Waals surface area contributed by atoms with Crippen molar-refractivity contribution < 1.29 is 19.4 Å². The number of aldehydes is 1. The number of methoxy groups -OCH3 is 1. The van der Waals surface area contributed by atoms with Crippen LogP contribution in [-0.2, 0) is 6.61 Å². The van der Waals surface area contributed by atoms with Gasteiger partial charge in [-0.2, -0.15) is 0 Å². The topological polar surface area (TPSA) is 55.8 Å². The summed E-state index contributed by atoms with van der Waals surface area (Å²) >= 11 is 0. The number of benzene rings is 2. The predicted molar refractivity (Wildman–Crippen MR) is 70.8 cm³/mol. The molecular weight excluding hydrogens is 244 g/mol. The molecule has 4 heteroatoms. The van der Waals surface area contributed by atoms with Crippen molar-refractivity contribution in [1.29, 1.82) is 0 Å². The average Bonchev–Trinajstić information content (AvgIpc) is 2.46. The van der Waals surface area contributed by atoms with E-state index in [0.29, 0.717) is 12.0 Å². The van der Waals surface area contributed by atoms with Crippen LogP contribution in [0.2, 0.25) is 0 Å². The third-order valence-electron chi connectivity index (χ3n) is 2.70. The summed E-state index contributed by atoms with van der Waals surface area (Å²) < 4.78 is 10.7. The van der Waals surface area contributed by atoms with Gasteiger partial charge in [-0.25, -0.2) is 0 Å². The van der Waals surface area contributed by atoms with Gasteiger partial charge in [-0.15, -0.1) is 0 Å². The van der Waals surface area contributed by atoms with Gasteiger partial charge in [-0.05, 0) is 17.7 Å². The van der Waals surface area contributed by atoms with Crippen LogP contribution >= 0.6 is 0 Å². The van der Waals surface area contributed by atoms with E-state index in [2.05, 4.69) is 0 Å².